The van der Waals surface area contributed by atoms with Crippen LogP contribution in [0.25, 0.3) is 60.5 Å². The van der Waals surface area contributed by atoms with Gasteiger partial charge >= 0.3 is 0 Å². The third-order valence-electron chi connectivity index (χ3n) is 11.0. The maximum atomic E-state index is 10.4. The molecule has 0 fully saturated rings. The molecule has 0 aliphatic rings. The van der Waals surface area contributed by atoms with Crippen molar-refractivity contribution in [1.29, 1.82) is 0 Å². The Morgan fingerprint density at radius 2 is 0.688 bits per heavy atom. The van der Waals surface area contributed by atoms with Crippen LogP contribution in [0.1, 0.15) is 128 Å². The number of non-ortho nitro benzene ring substituents is 1. The zero-order chi connectivity index (χ0) is 58.0. The Morgan fingerprint density at radius 3 is 1.19 bits per heavy atom. The van der Waals surface area contributed by atoms with Gasteiger partial charge in [0.15, 0.2) is 0 Å². The van der Waals surface area contributed by atoms with Crippen molar-refractivity contribution in [3.05, 3.63) is 214 Å². The van der Waals surface area contributed by atoms with E-state index in [1.807, 2.05) is 129 Å². The third-order valence-corrected chi connectivity index (χ3v) is 16.5. The van der Waals surface area contributed by atoms with Crippen LogP contribution in [0.5, 0.6) is 0 Å². The minimum atomic E-state index is -0.378. The summed E-state index contributed by atoms with van der Waals surface area (Å²) < 4.78 is 8.06. The van der Waals surface area contributed by atoms with Gasteiger partial charge in [-0.15, -0.1) is 68.0 Å². The molecule has 412 valence electrons. The second kappa shape index (κ2) is 38.9. The highest BCUT2D eigenvalue weighted by Gasteiger charge is 2.06. The van der Waals surface area contributed by atoms with E-state index >= 15 is 0 Å². The summed E-state index contributed by atoms with van der Waals surface area (Å²) >= 11 is 10.6. The second-order valence-corrected chi connectivity index (χ2v) is 21.6. The number of hydrogen-bond donors (Lipinski definition) is 0. The molecule has 6 heterocycles. The van der Waals surface area contributed by atoms with Crippen LogP contribution in [0, 0.1) is 65.5 Å². The SMILES string of the molecule is CC.CC.CC.CC.CC.CC.Cc1cc(C)c2sccc2c1.Cc1cc2ccsc2cc1C.Cc1ccc2sccc2c1.Cc1ccc2sccc2c1.Cc1ccc2sccc2c1C.O=[N+]([O-])c1ccc2sccc2c1. The molecule has 9 heteroatoms. The van der Waals surface area contributed by atoms with Gasteiger partial charge in [0, 0.05) is 40.3 Å². The number of hydrogen-bond acceptors (Lipinski definition) is 8. The van der Waals surface area contributed by atoms with Gasteiger partial charge in [0.05, 0.1) is 4.92 Å². The highest BCUT2D eigenvalue weighted by Crippen LogP contribution is 2.28. The number of nitro groups is 1. The van der Waals surface area contributed by atoms with Crippen LogP contribution in [0.2, 0.25) is 0 Å². The van der Waals surface area contributed by atoms with Crippen molar-refractivity contribution < 1.29 is 4.92 Å². The van der Waals surface area contributed by atoms with E-state index in [9.17, 15) is 10.1 Å². The average molecular weight is 1140 g/mol. The highest BCUT2D eigenvalue weighted by molar-refractivity contribution is 7.18. The maximum Gasteiger partial charge on any atom is 0.270 e. The van der Waals surface area contributed by atoms with E-state index in [2.05, 4.69) is 185 Å². The number of thiophene rings is 6. The van der Waals surface area contributed by atoms with Gasteiger partial charge in [0.25, 0.3) is 5.69 Å². The average Bonchev–Trinajstić information content (AvgIpc) is 4.34. The number of aryl methyl sites for hydroxylation is 8. The zero-order valence-corrected chi connectivity index (χ0v) is 54.7. The lowest BCUT2D eigenvalue weighted by molar-refractivity contribution is -0.384. The van der Waals surface area contributed by atoms with Gasteiger partial charge in [-0.05, 0) is 215 Å². The highest BCUT2D eigenvalue weighted by atomic mass is 32.1. The summed E-state index contributed by atoms with van der Waals surface area (Å²) in [5.41, 5.74) is 11.2. The van der Waals surface area contributed by atoms with Crippen molar-refractivity contribution in [3.63, 3.8) is 0 Å². The van der Waals surface area contributed by atoms with Gasteiger partial charge in [-0.1, -0.05) is 148 Å². The predicted molar refractivity (Wildman–Crippen MR) is 364 cm³/mol. The molecule has 0 atom stereocenters. The molecule has 0 aliphatic heterocycles. The molecule has 0 aliphatic carbocycles. The summed E-state index contributed by atoms with van der Waals surface area (Å²) in [6, 6.07) is 44.1. The van der Waals surface area contributed by atoms with Gasteiger partial charge in [0.1, 0.15) is 0 Å². The molecule has 0 saturated carbocycles. The quantitative estimate of drug-likeness (QED) is 0.121. The molecule has 0 amide bonds. The number of nitro benzene ring substituents is 1. The van der Waals surface area contributed by atoms with Gasteiger partial charge < -0.3 is 0 Å². The summed E-state index contributed by atoms with van der Waals surface area (Å²) in [5.74, 6) is 0. The van der Waals surface area contributed by atoms with E-state index in [4.69, 9.17) is 0 Å². The Labute approximate surface area is 488 Å². The van der Waals surface area contributed by atoms with Crippen LogP contribution in [0.15, 0.2) is 160 Å². The molecular formula is C68H87NO2S6. The Morgan fingerprint density at radius 1 is 0.312 bits per heavy atom. The standard InChI is InChI=1S/3C10H10S.2C9H8S.C8H5NO2S.6C2H6/c1-7-5-9-3-4-11-10(9)6-8(7)2;1-7-5-8(2)10-9(6-7)3-4-11-10;1-7-3-4-10-9(8(7)2)5-6-11-10;2*1-7-2-3-9-8(6-7)4-5-10-9;10-9(11)7-1-2-8-6(5-7)3-4-12-8;6*1-2/h3*3-6H,1-2H3;2*2-6H,1H3;1-5H;6*1-2H3. The Kier molecular flexibility index (Phi) is 35.1. The van der Waals surface area contributed by atoms with E-state index < -0.39 is 0 Å². The molecule has 0 spiro atoms. The third kappa shape index (κ3) is 22.0. The molecule has 12 rings (SSSR count). The van der Waals surface area contributed by atoms with Crippen LogP contribution in [0.3, 0.4) is 0 Å². The lowest BCUT2D eigenvalue weighted by atomic mass is 10.1. The van der Waals surface area contributed by atoms with Crippen molar-refractivity contribution in [3.8, 4) is 0 Å². The van der Waals surface area contributed by atoms with E-state index in [1.54, 1.807) is 46.1 Å². The molecule has 12 aromatic rings. The van der Waals surface area contributed by atoms with Crippen molar-refractivity contribution in [2.45, 2.75) is 138 Å². The van der Waals surface area contributed by atoms with Crippen LogP contribution < -0.4 is 0 Å². The van der Waals surface area contributed by atoms with Crippen LogP contribution >= 0.6 is 68.0 Å². The molecule has 6 aromatic heterocycles. The van der Waals surface area contributed by atoms with Crippen LogP contribution in [-0.2, 0) is 0 Å². The topological polar surface area (TPSA) is 43.1 Å². The smallest absolute Gasteiger partial charge is 0.258 e. The summed E-state index contributed by atoms with van der Waals surface area (Å²) in [5, 5.41) is 30.8. The second-order valence-electron chi connectivity index (χ2n) is 16.0. The first-order chi connectivity index (χ1) is 37.3. The largest absolute Gasteiger partial charge is 0.270 e. The van der Waals surface area contributed by atoms with Crippen molar-refractivity contribution in [2.24, 2.45) is 0 Å². The van der Waals surface area contributed by atoms with E-state index in [0.29, 0.717) is 0 Å². The van der Waals surface area contributed by atoms with Crippen LogP contribution in [-0.4, -0.2) is 4.92 Å². The van der Waals surface area contributed by atoms with E-state index in [0.717, 1.165) is 10.1 Å². The number of rotatable bonds is 1. The van der Waals surface area contributed by atoms with E-state index in [1.165, 1.54) is 101 Å². The minimum Gasteiger partial charge on any atom is -0.258 e. The fourth-order valence-electron chi connectivity index (χ4n) is 7.21. The van der Waals surface area contributed by atoms with Gasteiger partial charge in [-0.2, -0.15) is 0 Å². The molecule has 3 nitrogen and oxygen atoms in total. The summed E-state index contributed by atoms with van der Waals surface area (Å²) in [6.45, 7) is 41.2. The fraction of sp³-hybridized carbons (Fsp3) is 0.294. The Balaban J connectivity index is 0.000000444. The normalized spacial score (nSPS) is 9.40. The summed E-state index contributed by atoms with van der Waals surface area (Å²) in [6.07, 6.45) is 0. The maximum absolute atomic E-state index is 10.4. The van der Waals surface area contributed by atoms with E-state index in [-0.39, 0.29) is 10.6 Å². The first-order valence-corrected chi connectivity index (χ1v) is 32.4. The predicted octanol–water partition coefficient (Wildman–Crippen LogP) is 25.9. The molecule has 0 saturated heterocycles. The summed E-state index contributed by atoms with van der Waals surface area (Å²) in [7, 11) is 0. The summed E-state index contributed by atoms with van der Waals surface area (Å²) in [4.78, 5) is 10.00. The number of benzene rings is 6. The molecule has 6 aromatic carbocycles. The van der Waals surface area contributed by atoms with Crippen LogP contribution in [0.4, 0.5) is 5.69 Å². The Hall–Kier alpha value is -5.52. The molecule has 0 unspecified atom stereocenters. The Bertz CT molecular complexity index is 3380. The lowest BCUT2D eigenvalue weighted by Gasteiger charge is -1.99. The monoisotopic (exact) mass is 1140 g/mol. The van der Waals surface area contributed by atoms with Gasteiger partial charge in [0.2, 0.25) is 0 Å². The first-order valence-electron chi connectivity index (χ1n) is 27.1. The minimum absolute atomic E-state index is 0.154. The molecule has 0 radical (unpaired) electrons. The van der Waals surface area contributed by atoms with Gasteiger partial charge in [-0.25, -0.2) is 0 Å². The molecule has 0 N–H and O–H groups in total. The van der Waals surface area contributed by atoms with Gasteiger partial charge in [-0.3, -0.25) is 10.1 Å². The fourth-order valence-corrected chi connectivity index (χ4v) is 12.1. The number of nitrogens with zero attached hydrogens (tertiary/aromatic N) is 1. The molecule has 77 heavy (non-hydrogen) atoms. The zero-order valence-electron chi connectivity index (χ0n) is 49.8. The lowest BCUT2D eigenvalue weighted by Crippen LogP contribution is -1.85. The van der Waals surface area contributed by atoms with Crippen molar-refractivity contribution in [1.82, 2.24) is 0 Å². The number of fused-ring (bicyclic) bond motifs is 6. The molecule has 0 bridgehead atoms. The van der Waals surface area contributed by atoms with Crippen molar-refractivity contribution >= 4 is 134 Å². The van der Waals surface area contributed by atoms with Crippen molar-refractivity contribution in [2.75, 3.05) is 0 Å². The first kappa shape index (κ1) is 69.5. The molecular weight excluding hydrogens is 1060 g/mol.